The van der Waals surface area contributed by atoms with Crippen molar-refractivity contribution in [2.24, 2.45) is 9.98 Å². The topological polar surface area (TPSA) is 108 Å². The standard InChI is InChI=1S/C27H26N6O2/c1-3-33-24(13-17(2)32-33)27(35)30-20-9-6-18(7-10-20)14-19-8-11-23-21(15-19)22(26(34)31-23)16-29-25-5-4-12-28-25/h4-11,13,15-16,31,34H,3,12,14H2,1-2H3,(H,30,35). The zero-order valence-corrected chi connectivity index (χ0v) is 19.6. The molecule has 4 aromatic rings. The lowest BCUT2D eigenvalue weighted by Crippen LogP contribution is -2.17. The summed E-state index contributed by atoms with van der Waals surface area (Å²) in [6.07, 6.45) is 6.16. The van der Waals surface area contributed by atoms with Crippen molar-refractivity contribution in [2.45, 2.75) is 26.8 Å². The van der Waals surface area contributed by atoms with E-state index < -0.39 is 0 Å². The van der Waals surface area contributed by atoms with Gasteiger partial charge in [-0.3, -0.25) is 14.5 Å². The Balaban J connectivity index is 1.31. The van der Waals surface area contributed by atoms with Crippen LogP contribution in [0.5, 0.6) is 5.88 Å². The van der Waals surface area contributed by atoms with Gasteiger partial charge in [-0.1, -0.05) is 24.3 Å². The van der Waals surface area contributed by atoms with E-state index in [1.807, 2.05) is 62.4 Å². The fourth-order valence-electron chi connectivity index (χ4n) is 4.16. The SMILES string of the molecule is CCn1nc(C)cc1C(=O)Nc1ccc(Cc2ccc3[nH]c(O)c(C=NC4=NCC=C4)c3c2)cc1. The van der Waals surface area contributed by atoms with Crippen LogP contribution in [0.15, 0.2) is 70.7 Å². The zero-order chi connectivity index (χ0) is 24.4. The summed E-state index contributed by atoms with van der Waals surface area (Å²) in [6.45, 7) is 5.11. The summed E-state index contributed by atoms with van der Waals surface area (Å²) in [6, 6.07) is 15.7. The fourth-order valence-corrected chi connectivity index (χ4v) is 4.16. The number of amides is 1. The molecule has 2 aromatic carbocycles. The van der Waals surface area contributed by atoms with Crippen LogP contribution in [0.4, 0.5) is 5.69 Å². The smallest absolute Gasteiger partial charge is 0.273 e. The number of benzene rings is 2. The van der Waals surface area contributed by atoms with Gasteiger partial charge in [0.05, 0.1) is 17.8 Å². The van der Waals surface area contributed by atoms with Gasteiger partial charge in [0.1, 0.15) is 11.5 Å². The maximum absolute atomic E-state index is 12.7. The predicted molar refractivity (Wildman–Crippen MR) is 139 cm³/mol. The molecule has 1 aliphatic rings. The molecule has 5 rings (SSSR count). The largest absolute Gasteiger partial charge is 0.494 e. The molecule has 0 spiro atoms. The Morgan fingerprint density at radius 1 is 1.20 bits per heavy atom. The first kappa shape index (κ1) is 22.3. The molecule has 3 N–H and O–H groups in total. The van der Waals surface area contributed by atoms with Crippen LogP contribution in [0.2, 0.25) is 0 Å². The van der Waals surface area contributed by atoms with E-state index in [4.69, 9.17) is 0 Å². The van der Waals surface area contributed by atoms with Crippen molar-refractivity contribution >= 4 is 34.5 Å². The molecular formula is C27H26N6O2. The molecule has 0 fully saturated rings. The molecule has 1 amide bonds. The van der Waals surface area contributed by atoms with Crippen LogP contribution < -0.4 is 5.32 Å². The highest BCUT2D eigenvalue weighted by atomic mass is 16.3. The molecule has 176 valence electrons. The van der Waals surface area contributed by atoms with Gasteiger partial charge in [0.15, 0.2) is 5.88 Å². The molecule has 35 heavy (non-hydrogen) atoms. The lowest BCUT2D eigenvalue weighted by Gasteiger charge is -2.08. The molecule has 1 aliphatic heterocycles. The average molecular weight is 467 g/mol. The number of anilines is 1. The molecule has 0 atom stereocenters. The molecule has 0 saturated carbocycles. The van der Waals surface area contributed by atoms with Gasteiger partial charge in [-0.25, -0.2) is 4.99 Å². The third-order valence-electron chi connectivity index (χ3n) is 5.89. The lowest BCUT2D eigenvalue weighted by atomic mass is 10.0. The quantitative estimate of drug-likeness (QED) is 0.361. The zero-order valence-electron chi connectivity index (χ0n) is 19.6. The summed E-state index contributed by atoms with van der Waals surface area (Å²) in [5, 5.41) is 18.5. The van der Waals surface area contributed by atoms with E-state index in [0.29, 0.717) is 36.6 Å². The first-order valence-corrected chi connectivity index (χ1v) is 11.5. The van der Waals surface area contributed by atoms with E-state index in [9.17, 15) is 9.90 Å². The van der Waals surface area contributed by atoms with Crippen molar-refractivity contribution in [3.63, 3.8) is 0 Å². The Morgan fingerprint density at radius 2 is 2.00 bits per heavy atom. The van der Waals surface area contributed by atoms with Gasteiger partial charge in [0.25, 0.3) is 5.91 Å². The summed E-state index contributed by atoms with van der Waals surface area (Å²) in [7, 11) is 0. The number of fused-ring (bicyclic) bond motifs is 1. The minimum atomic E-state index is -0.175. The van der Waals surface area contributed by atoms with Crippen molar-refractivity contribution in [2.75, 3.05) is 11.9 Å². The van der Waals surface area contributed by atoms with E-state index in [1.165, 1.54) is 0 Å². The number of rotatable bonds is 6. The summed E-state index contributed by atoms with van der Waals surface area (Å²) >= 11 is 0. The van der Waals surface area contributed by atoms with Crippen molar-refractivity contribution in [1.82, 2.24) is 14.8 Å². The first-order chi connectivity index (χ1) is 17.0. The van der Waals surface area contributed by atoms with Gasteiger partial charge in [-0.05, 0) is 67.8 Å². The maximum Gasteiger partial charge on any atom is 0.273 e. The van der Waals surface area contributed by atoms with E-state index in [2.05, 4.69) is 31.5 Å². The minimum absolute atomic E-state index is 0.0863. The first-order valence-electron chi connectivity index (χ1n) is 11.5. The highest BCUT2D eigenvalue weighted by Gasteiger charge is 2.14. The molecule has 2 aromatic heterocycles. The van der Waals surface area contributed by atoms with Gasteiger partial charge in [-0.15, -0.1) is 0 Å². The number of amidine groups is 1. The monoisotopic (exact) mass is 466 g/mol. The van der Waals surface area contributed by atoms with Gasteiger partial charge >= 0.3 is 0 Å². The lowest BCUT2D eigenvalue weighted by molar-refractivity contribution is 0.101. The van der Waals surface area contributed by atoms with E-state index in [1.54, 1.807) is 17.0 Å². The maximum atomic E-state index is 12.7. The minimum Gasteiger partial charge on any atom is -0.494 e. The summed E-state index contributed by atoms with van der Waals surface area (Å²) in [5.41, 5.74) is 5.79. The van der Waals surface area contributed by atoms with Crippen LogP contribution in [0.1, 0.15) is 39.8 Å². The van der Waals surface area contributed by atoms with Crippen molar-refractivity contribution < 1.29 is 9.90 Å². The molecule has 8 heteroatoms. The number of hydrogen-bond donors (Lipinski definition) is 3. The number of H-pyrrole nitrogens is 1. The molecule has 0 unspecified atom stereocenters. The predicted octanol–water partition coefficient (Wildman–Crippen LogP) is 4.63. The van der Waals surface area contributed by atoms with Crippen molar-refractivity contribution in [3.05, 3.63) is 88.8 Å². The Hall–Kier alpha value is -4.46. The molecule has 0 radical (unpaired) electrons. The molecule has 0 aliphatic carbocycles. The van der Waals surface area contributed by atoms with Gasteiger partial charge in [-0.2, -0.15) is 5.10 Å². The van der Waals surface area contributed by atoms with Crippen molar-refractivity contribution in [3.8, 4) is 5.88 Å². The normalized spacial score (nSPS) is 13.1. The molecule has 0 saturated heterocycles. The number of nitrogens with zero attached hydrogens (tertiary/aromatic N) is 4. The summed E-state index contributed by atoms with van der Waals surface area (Å²) < 4.78 is 1.70. The Labute approximate surface area is 202 Å². The number of aromatic hydroxyl groups is 1. The van der Waals surface area contributed by atoms with Crippen LogP contribution in [-0.2, 0) is 13.0 Å². The Morgan fingerprint density at radius 3 is 2.74 bits per heavy atom. The van der Waals surface area contributed by atoms with Crippen molar-refractivity contribution in [1.29, 1.82) is 0 Å². The summed E-state index contributed by atoms with van der Waals surface area (Å²) in [5.74, 6) is 0.561. The van der Waals surface area contributed by atoms with Gasteiger partial charge in [0, 0.05) is 29.3 Å². The number of carbonyl (C=O) groups is 1. The van der Waals surface area contributed by atoms with Crippen LogP contribution in [0.25, 0.3) is 10.9 Å². The Bertz CT molecular complexity index is 1490. The number of aromatic nitrogens is 3. The highest BCUT2D eigenvalue weighted by molar-refractivity contribution is 6.08. The second kappa shape index (κ2) is 9.42. The second-order valence-corrected chi connectivity index (χ2v) is 8.44. The van der Waals surface area contributed by atoms with E-state index in [0.717, 1.165) is 33.4 Å². The third kappa shape index (κ3) is 4.77. The Kier molecular flexibility index (Phi) is 6.01. The number of aryl methyl sites for hydroxylation is 2. The van der Waals surface area contributed by atoms with Crippen LogP contribution >= 0.6 is 0 Å². The third-order valence-corrected chi connectivity index (χ3v) is 5.89. The van der Waals surface area contributed by atoms with Gasteiger partial charge in [0.2, 0.25) is 0 Å². The molecule has 3 heterocycles. The molecule has 0 bridgehead atoms. The fraction of sp³-hybridized carbons (Fsp3) is 0.185. The number of aliphatic imine (C=N–C) groups is 2. The van der Waals surface area contributed by atoms with Gasteiger partial charge < -0.3 is 15.4 Å². The van der Waals surface area contributed by atoms with E-state index in [-0.39, 0.29) is 11.8 Å². The number of nitrogens with one attached hydrogen (secondary N) is 2. The summed E-state index contributed by atoms with van der Waals surface area (Å²) in [4.78, 5) is 24.3. The number of carbonyl (C=O) groups excluding carboxylic acids is 1. The number of hydrogen-bond acceptors (Lipinski definition) is 5. The highest BCUT2D eigenvalue weighted by Crippen LogP contribution is 2.27. The number of aromatic amines is 1. The van der Waals surface area contributed by atoms with Crippen LogP contribution in [0, 0.1) is 6.92 Å². The van der Waals surface area contributed by atoms with E-state index >= 15 is 0 Å². The van der Waals surface area contributed by atoms with Crippen LogP contribution in [0.3, 0.4) is 0 Å². The molecular weight excluding hydrogens is 440 g/mol. The molecule has 8 nitrogen and oxygen atoms in total. The second-order valence-electron chi connectivity index (χ2n) is 8.44. The average Bonchev–Trinajstić information content (AvgIpc) is 3.57. The van der Waals surface area contributed by atoms with Crippen LogP contribution in [-0.4, -0.2) is 44.4 Å².